The van der Waals surface area contributed by atoms with Crippen molar-refractivity contribution in [1.82, 2.24) is 0 Å². The van der Waals surface area contributed by atoms with E-state index in [1.54, 1.807) is 0 Å². The third-order valence-corrected chi connectivity index (χ3v) is 5.08. The molecule has 2 saturated heterocycles. The van der Waals surface area contributed by atoms with Crippen LogP contribution in [0.15, 0.2) is 22.7 Å². The molecular formula is C14H19BrN2. The maximum atomic E-state index is 6.11. The van der Waals surface area contributed by atoms with Crippen LogP contribution < -0.4 is 10.6 Å². The Morgan fingerprint density at radius 2 is 1.88 bits per heavy atom. The number of halogens is 1. The second-order valence-electron chi connectivity index (χ2n) is 5.46. The maximum Gasteiger partial charge on any atom is 0.0382 e. The minimum Gasteiger partial charge on any atom is -0.365 e. The molecule has 2 aliphatic heterocycles. The highest BCUT2D eigenvalue weighted by Crippen LogP contribution is 2.39. The van der Waals surface area contributed by atoms with Crippen LogP contribution in [0.3, 0.4) is 0 Å². The zero-order chi connectivity index (χ0) is 12.0. The highest BCUT2D eigenvalue weighted by Gasteiger charge is 2.39. The summed E-state index contributed by atoms with van der Waals surface area (Å²) in [5, 5.41) is 0. The summed E-state index contributed by atoms with van der Waals surface area (Å²) >= 11 is 3.63. The second-order valence-corrected chi connectivity index (χ2v) is 6.31. The molecule has 2 N–H and O–H groups in total. The van der Waals surface area contributed by atoms with Gasteiger partial charge < -0.3 is 10.6 Å². The first-order valence-electron chi connectivity index (χ1n) is 6.45. The number of rotatable bonds is 1. The Hall–Kier alpha value is -0.540. The number of piperidine rings is 1. The maximum absolute atomic E-state index is 6.11. The lowest BCUT2D eigenvalue weighted by Crippen LogP contribution is -2.47. The lowest BCUT2D eigenvalue weighted by atomic mass is 9.97. The van der Waals surface area contributed by atoms with E-state index in [-0.39, 0.29) is 0 Å². The first-order valence-corrected chi connectivity index (χ1v) is 7.24. The minimum absolute atomic E-state index is 0.414. The van der Waals surface area contributed by atoms with Crippen molar-refractivity contribution in [3.05, 3.63) is 28.2 Å². The van der Waals surface area contributed by atoms with E-state index in [1.807, 2.05) is 0 Å². The third kappa shape index (κ3) is 2.00. The molecule has 1 aromatic carbocycles. The molecule has 0 aliphatic carbocycles. The van der Waals surface area contributed by atoms with Crippen molar-refractivity contribution >= 4 is 21.6 Å². The fraction of sp³-hybridized carbons (Fsp3) is 0.571. The molecule has 1 aromatic rings. The Balaban J connectivity index is 1.92. The van der Waals surface area contributed by atoms with Gasteiger partial charge in [0.05, 0.1) is 0 Å². The molecule has 2 nitrogen and oxygen atoms in total. The molecule has 92 valence electrons. The fourth-order valence-electron chi connectivity index (χ4n) is 3.38. The van der Waals surface area contributed by atoms with E-state index in [0.29, 0.717) is 18.1 Å². The molecule has 0 amide bonds. The number of anilines is 1. The molecule has 2 bridgehead atoms. The number of hydrogen-bond acceptors (Lipinski definition) is 2. The number of hydrogen-bond donors (Lipinski definition) is 1. The van der Waals surface area contributed by atoms with Gasteiger partial charge in [0, 0.05) is 28.3 Å². The zero-order valence-electron chi connectivity index (χ0n) is 10.2. The van der Waals surface area contributed by atoms with Gasteiger partial charge >= 0.3 is 0 Å². The number of fused-ring (bicyclic) bond motifs is 2. The Morgan fingerprint density at radius 1 is 1.24 bits per heavy atom. The highest BCUT2D eigenvalue weighted by atomic mass is 79.9. The largest absolute Gasteiger partial charge is 0.365 e. The van der Waals surface area contributed by atoms with Gasteiger partial charge in [0.2, 0.25) is 0 Å². The monoisotopic (exact) mass is 294 g/mol. The van der Waals surface area contributed by atoms with Crippen LogP contribution in [0, 0.1) is 6.92 Å². The predicted octanol–water partition coefficient (Wildman–Crippen LogP) is 3.22. The van der Waals surface area contributed by atoms with E-state index in [0.717, 1.165) is 12.8 Å². The smallest absolute Gasteiger partial charge is 0.0382 e. The lowest BCUT2D eigenvalue weighted by Gasteiger charge is -2.39. The van der Waals surface area contributed by atoms with Gasteiger partial charge in [-0.05, 0) is 50.3 Å². The molecule has 2 heterocycles. The van der Waals surface area contributed by atoms with Gasteiger partial charge in [0.15, 0.2) is 0 Å². The van der Waals surface area contributed by atoms with E-state index in [9.17, 15) is 0 Å². The number of nitrogens with zero attached hydrogens (tertiary/aromatic N) is 1. The van der Waals surface area contributed by atoms with Gasteiger partial charge in [0.1, 0.15) is 0 Å². The molecule has 2 atom stereocenters. The summed E-state index contributed by atoms with van der Waals surface area (Å²) in [5.41, 5.74) is 8.78. The summed E-state index contributed by atoms with van der Waals surface area (Å²) in [6.45, 7) is 2.13. The summed E-state index contributed by atoms with van der Waals surface area (Å²) in [7, 11) is 0. The first kappa shape index (κ1) is 11.5. The number of aryl methyl sites for hydroxylation is 1. The average Bonchev–Trinajstić information content (AvgIpc) is 2.55. The van der Waals surface area contributed by atoms with Crippen molar-refractivity contribution in [2.45, 2.75) is 50.7 Å². The van der Waals surface area contributed by atoms with E-state index >= 15 is 0 Å². The average molecular weight is 295 g/mol. The van der Waals surface area contributed by atoms with E-state index in [4.69, 9.17) is 5.73 Å². The van der Waals surface area contributed by atoms with Gasteiger partial charge in [-0.1, -0.05) is 22.0 Å². The normalized spacial score (nSPS) is 31.9. The summed E-state index contributed by atoms with van der Waals surface area (Å²) in [5.74, 6) is 0. The Bertz CT molecular complexity index is 418. The van der Waals surface area contributed by atoms with Gasteiger partial charge in [-0.2, -0.15) is 0 Å². The number of benzene rings is 1. The molecule has 3 heteroatoms. The molecule has 2 fully saturated rings. The van der Waals surface area contributed by atoms with Crippen LogP contribution in [0.25, 0.3) is 0 Å². The van der Waals surface area contributed by atoms with Crippen LogP contribution in [-0.2, 0) is 0 Å². The fourth-order valence-corrected chi connectivity index (χ4v) is 3.75. The van der Waals surface area contributed by atoms with Crippen molar-refractivity contribution in [2.24, 2.45) is 5.73 Å². The van der Waals surface area contributed by atoms with Gasteiger partial charge in [-0.3, -0.25) is 0 Å². The summed E-state index contributed by atoms with van der Waals surface area (Å²) in [6, 6.07) is 8.46. The standard InChI is InChI=1S/C14H19BrN2/c1-9-2-3-13(8-14(9)15)17-11-4-5-12(17)7-10(16)6-11/h2-3,8,10-12H,4-7,16H2,1H3. The molecule has 0 radical (unpaired) electrons. The van der Waals surface area contributed by atoms with Crippen LogP contribution in [0.4, 0.5) is 5.69 Å². The van der Waals surface area contributed by atoms with Crippen molar-refractivity contribution < 1.29 is 0 Å². The summed E-state index contributed by atoms with van der Waals surface area (Å²) in [4.78, 5) is 2.60. The highest BCUT2D eigenvalue weighted by molar-refractivity contribution is 9.10. The van der Waals surface area contributed by atoms with E-state index in [1.165, 1.54) is 28.6 Å². The molecule has 3 rings (SSSR count). The van der Waals surface area contributed by atoms with Crippen molar-refractivity contribution in [1.29, 1.82) is 0 Å². The zero-order valence-corrected chi connectivity index (χ0v) is 11.8. The first-order chi connectivity index (χ1) is 8.15. The lowest BCUT2D eigenvalue weighted by molar-refractivity contribution is 0.414. The van der Waals surface area contributed by atoms with E-state index < -0.39 is 0 Å². The van der Waals surface area contributed by atoms with Crippen molar-refractivity contribution in [2.75, 3.05) is 4.90 Å². The summed E-state index contributed by atoms with van der Waals surface area (Å²) < 4.78 is 1.21. The third-order valence-electron chi connectivity index (χ3n) is 4.22. The Kier molecular flexibility index (Phi) is 2.91. The predicted molar refractivity (Wildman–Crippen MR) is 75.4 cm³/mol. The van der Waals surface area contributed by atoms with Crippen LogP contribution in [0.1, 0.15) is 31.2 Å². The minimum atomic E-state index is 0.414. The van der Waals surface area contributed by atoms with Crippen LogP contribution in [0.5, 0.6) is 0 Å². The Labute approximate surface area is 111 Å². The second kappa shape index (κ2) is 4.29. The molecule has 2 unspecified atom stereocenters. The van der Waals surface area contributed by atoms with Gasteiger partial charge in [-0.15, -0.1) is 0 Å². The van der Waals surface area contributed by atoms with Crippen molar-refractivity contribution in [3.63, 3.8) is 0 Å². The molecule has 0 spiro atoms. The number of nitrogens with two attached hydrogens (primary N) is 1. The van der Waals surface area contributed by atoms with Gasteiger partial charge in [0.25, 0.3) is 0 Å². The summed E-state index contributed by atoms with van der Waals surface area (Å²) in [6.07, 6.45) is 4.93. The van der Waals surface area contributed by atoms with Crippen LogP contribution in [-0.4, -0.2) is 18.1 Å². The van der Waals surface area contributed by atoms with Gasteiger partial charge in [-0.25, -0.2) is 0 Å². The molecule has 0 saturated carbocycles. The van der Waals surface area contributed by atoms with E-state index in [2.05, 4.69) is 46.0 Å². The van der Waals surface area contributed by atoms with Crippen LogP contribution in [0.2, 0.25) is 0 Å². The molecular weight excluding hydrogens is 276 g/mol. The van der Waals surface area contributed by atoms with Crippen LogP contribution >= 0.6 is 15.9 Å². The molecule has 17 heavy (non-hydrogen) atoms. The Morgan fingerprint density at radius 3 is 2.47 bits per heavy atom. The molecule has 2 aliphatic rings. The topological polar surface area (TPSA) is 29.3 Å². The quantitative estimate of drug-likeness (QED) is 0.862. The van der Waals surface area contributed by atoms with Crippen molar-refractivity contribution in [3.8, 4) is 0 Å². The molecule has 0 aromatic heterocycles. The SMILES string of the molecule is Cc1ccc(N2C3CCC2CC(N)C3)cc1Br.